The molecule has 1 aliphatic heterocycles. The van der Waals surface area contributed by atoms with Crippen molar-refractivity contribution >= 4 is 5.97 Å². The molecule has 94 valence electrons. The number of nitrogens with two attached hydrogens (primary N) is 1. The van der Waals surface area contributed by atoms with E-state index in [0.717, 1.165) is 13.1 Å². The van der Waals surface area contributed by atoms with Crippen LogP contribution in [0.25, 0.3) is 0 Å². The van der Waals surface area contributed by atoms with Gasteiger partial charge in [0.05, 0.1) is 25.7 Å². The van der Waals surface area contributed by atoms with E-state index >= 15 is 0 Å². The van der Waals surface area contributed by atoms with E-state index < -0.39 is 0 Å². The van der Waals surface area contributed by atoms with Crippen molar-refractivity contribution in [2.45, 2.75) is 26.0 Å². The van der Waals surface area contributed by atoms with Crippen molar-refractivity contribution in [2.75, 3.05) is 33.4 Å². The molecule has 3 atom stereocenters. The van der Waals surface area contributed by atoms with Gasteiger partial charge in [0, 0.05) is 25.7 Å². The van der Waals surface area contributed by atoms with Crippen LogP contribution in [0.1, 0.15) is 13.8 Å². The van der Waals surface area contributed by atoms with E-state index in [-0.39, 0.29) is 24.0 Å². The topological polar surface area (TPSA) is 64.8 Å². The van der Waals surface area contributed by atoms with Crippen molar-refractivity contribution in [1.29, 1.82) is 0 Å². The van der Waals surface area contributed by atoms with E-state index in [2.05, 4.69) is 4.90 Å². The van der Waals surface area contributed by atoms with Gasteiger partial charge in [0.15, 0.2) is 0 Å². The number of rotatable bonds is 4. The van der Waals surface area contributed by atoms with Crippen molar-refractivity contribution in [3.05, 3.63) is 0 Å². The Bertz CT molecular complexity index is 235. The summed E-state index contributed by atoms with van der Waals surface area (Å²) in [5.74, 6) is -0.287. The summed E-state index contributed by atoms with van der Waals surface area (Å²) in [5.41, 5.74) is 5.58. The summed E-state index contributed by atoms with van der Waals surface area (Å²) >= 11 is 0. The Morgan fingerprint density at radius 1 is 1.62 bits per heavy atom. The number of nitrogens with zero attached hydrogens (tertiary/aromatic N) is 1. The lowest BCUT2D eigenvalue weighted by molar-refractivity contribution is -0.148. The predicted molar refractivity (Wildman–Crippen MR) is 61.0 cm³/mol. The first-order valence-corrected chi connectivity index (χ1v) is 5.73. The van der Waals surface area contributed by atoms with Gasteiger partial charge < -0.3 is 15.2 Å². The summed E-state index contributed by atoms with van der Waals surface area (Å²) in [4.78, 5) is 13.7. The van der Waals surface area contributed by atoms with E-state index in [4.69, 9.17) is 15.2 Å². The monoisotopic (exact) mass is 230 g/mol. The summed E-state index contributed by atoms with van der Waals surface area (Å²) in [5, 5.41) is 0. The zero-order valence-electron chi connectivity index (χ0n) is 10.3. The fraction of sp³-hybridized carbons (Fsp3) is 0.909. The molecule has 1 fully saturated rings. The normalized spacial score (nSPS) is 26.1. The summed E-state index contributed by atoms with van der Waals surface area (Å²) < 4.78 is 10.2. The van der Waals surface area contributed by atoms with Gasteiger partial charge in [-0.15, -0.1) is 0 Å². The minimum absolute atomic E-state index is 0.0843. The van der Waals surface area contributed by atoms with Gasteiger partial charge in [-0.1, -0.05) is 6.92 Å². The SMILES string of the molecule is COC(=O)C(C)C(C)N1CCOC(CN)C1. The predicted octanol–water partition coefficient (Wildman–Crippen LogP) is -0.156. The lowest BCUT2D eigenvalue weighted by Gasteiger charge is -2.38. The highest BCUT2D eigenvalue weighted by atomic mass is 16.5. The van der Waals surface area contributed by atoms with Crippen molar-refractivity contribution in [1.82, 2.24) is 4.90 Å². The second kappa shape index (κ2) is 6.18. The van der Waals surface area contributed by atoms with Crippen LogP contribution in [0.15, 0.2) is 0 Å². The Labute approximate surface area is 96.9 Å². The molecule has 0 aromatic heterocycles. The van der Waals surface area contributed by atoms with E-state index in [9.17, 15) is 4.79 Å². The average molecular weight is 230 g/mol. The summed E-state index contributed by atoms with van der Waals surface area (Å²) in [6.45, 7) is 6.78. The Balaban J connectivity index is 2.52. The van der Waals surface area contributed by atoms with Crippen LogP contribution in [-0.4, -0.2) is 56.4 Å². The molecule has 0 spiro atoms. The third kappa shape index (κ3) is 3.17. The molecule has 3 unspecified atom stereocenters. The first kappa shape index (κ1) is 13.4. The van der Waals surface area contributed by atoms with Gasteiger partial charge in [0.2, 0.25) is 0 Å². The number of methoxy groups -OCH3 is 1. The van der Waals surface area contributed by atoms with Crippen LogP contribution < -0.4 is 5.73 Å². The van der Waals surface area contributed by atoms with Gasteiger partial charge in [-0.05, 0) is 6.92 Å². The Kier molecular flexibility index (Phi) is 5.18. The quantitative estimate of drug-likeness (QED) is 0.680. The van der Waals surface area contributed by atoms with E-state index in [0.29, 0.717) is 13.2 Å². The third-order valence-electron chi connectivity index (χ3n) is 3.31. The van der Waals surface area contributed by atoms with Crippen molar-refractivity contribution in [2.24, 2.45) is 11.7 Å². The van der Waals surface area contributed by atoms with E-state index in [1.165, 1.54) is 7.11 Å². The van der Waals surface area contributed by atoms with Crippen molar-refractivity contribution in [3.63, 3.8) is 0 Å². The van der Waals surface area contributed by atoms with Gasteiger partial charge in [0.25, 0.3) is 0 Å². The minimum atomic E-state index is -0.164. The number of hydrogen-bond donors (Lipinski definition) is 1. The van der Waals surface area contributed by atoms with Crippen molar-refractivity contribution < 1.29 is 14.3 Å². The molecule has 1 heterocycles. The van der Waals surface area contributed by atoms with Crippen LogP contribution in [0.2, 0.25) is 0 Å². The van der Waals surface area contributed by atoms with Crippen LogP contribution >= 0.6 is 0 Å². The zero-order chi connectivity index (χ0) is 12.1. The molecule has 1 saturated heterocycles. The molecule has 1 rings (SSSR count). The summed E-state index contributed by atoms with van der Waals surface area (Å²) in [6, 6.07) is 0.158. The number of ether oxygens (including phenoxy) is 2. The molecule has 0 saturated carbocycles. The van der Waals surface area contributed by atoms with Gasteiger partial charge in [-0.3, -0.25) is 9.69 Å². The fourth-order valence-corrected chi connectivity index (χ4v) is 1.95. The Morgan fingerprint density at radius 2 is 2.31 bits per heavy atom. The molecule has 0 aromatic rings. The number of morpholine rings is 1. The largest absolute Gasteiger partial charge is 0.469 e. The Morgan fingerprint density at radius 3 is 2.88 bits per heavy atom. The minimum Gasteiger partial charge on any atom is -0.469 e. The van der Waals surface area contributed by atoms with Crippen molar-refractivity contribution in [3.8, 4) is 0 Å². The molecular weight excluding hydrogens is 208 g/mol. The van der Waals surface area contributed by atoms with Crippen LogP contribution in [0.3, 0.4) is 0 Å². The first-order valence-electron chi connectivity index (χ1n) is 5.73. The molecule has 0 amide bonds. The molecule has 0 aromatic carbocycles. The average Bonchev–Trinajstić information content (AvgIpc) is 2.36. The van der Waals surface area contributed by atoms with Crippen LogP contribution in [0.5, 0.6) is 0 Å². The highest BCUT2D eigenvalue weighted by molar-refractivity contribution is 5.72. The van der Waals surface area contributed by atoms with Crippen LogP contribution in [-0.2, 0) is 14.3 Å². The molecule has 0 radical (unpaired) electrons. The Hall–Kier alpha value is -0.650. The maximum absolute atomic E-state index is 11.4. The highest BCUT2D eigenvalue weighted by Gasteiger charge is 2.29. The van der Waals surface area contributed by atoms with E-state index in [1.807, 2.05) is 13.8 Å². The van der Waals surface area contributed by atoms with Gasteiger partial charge >= 0.3 is 5.97 Å². The lowest BCUT2D eigenvalue weighted by Crippen LogP contribution is -2.51. The molecule has 5 nitrogen and oxygen atoms in total. The smallest absolute Gasteiger partial charge is 0.309 e. The molecule has 0 bridgehead atoms. The van der Waals surface area contributed by atoms with Gasteiger partial charge in [0.1, 0.15) is 0 Å². The number of carbonyl (C=O) groups is 1. The maximum Gasteiger partial charge on any atom is 0.309 e. The highest BCUT2D eigenvalue weighted by Crippen LogP contribution is 2.16. The molecular formula is C11H22N2O3. The van der Waals surface area contributed by atoms with Gasteiger partial charge in [-0.25, -0.2) is 0 Å². The molecule has 1 aliphatic rings. The first-order chi connectivity index (χ1) is 7.60. The second-order valence-electron chi connectivity index (χ2n) is 4.28. The van der Waals surface area contributed by atoms with Gasteiger partial charge in [-0.2, -0.15) is 0 Å². The van der Waals surface area contributed by atoms with Crippen LogP contribution in [0, 0.1) is 5.92 Å². The molecule has 0 aliphatic carbocycles. The zero-order valence-corrected chi connectivity index (χ0v) is 10.3. The molecule has 2 N–H and O–H groups in total. The number of carbonyl (C=O) groups excluding carboxylic acids is 1. The number of esters is 1. The van der Waals surface area contributed by atoms with Crippen LogP contribution in [0.4, 0.5) is 0 Å². The second-order valence-corrected chi connectivity index (χ2v) is 4.28. The maximum atomic E-state index is 11.4. The van der Waals surface area contributed by atoms with E-state index in [1.54, 1.807) is 0 Å². The molecule has 5 heteroatoms. The standard InChI is InChI=1S/C11H22N2O3/c1-8(11(14)15-3)9(2)13-4-5-16-10(6-12)7-13/h8-10H,4-7,12H2,1-3H3. The third-order valence-corrected chi connectivity index (χ3v) is 3.31. The number of hydrogen-bond acceptors (Lipinski definition) is 5. The molecule has 16 heavy (non-hydrogen) atoms. The lowest BCUT2D eigenvalue weighted by atomic mass is 10.0. The summed E-state index contributed by atoms with van der Waals surface area (Å²) in [7, 11) is 1.42. The fourth-order valence-electron chi connectivity index (χ4n) is 1.95. The summed E-state index contributed by atoms with van der Waals surface area (Å²) in [6.07, 6.45) is 0.0843.